The molecule has 0 rings (SSSR count). The third kappa shape index (κ3) is 12.9. The number of ether oxygens (including phenoxy) is 1. The third-order valence-corrected chi connectivity index (χ3v) is 3.54. The predicted molar refractivity (Wildman–Crippen MR) is 90.6 cm³/mol. The zero-order valence-electron chi connectivity index (χ0n) is 15.0. The molecule has 0 saturated carbocycles. The maximum absolute atomic E-state index is 12.3. The zero-order chi connectivity index (χ0) is 16.1. The third-order valence-electron chi connectivity index (χ3n) is 3.54. The second kappa shape index (κ2) is 12.0. The molecule has 0 fully saturated rings. The van der Waals surface area contributed by atoms with E-state index in [1.54, 1.807) is 0 Å². The second-order valence-electron chi connectivity index (χ2n) is 6.90. The van der Waals surface area contributed by atoms with E-state index in [-0.39, 0.29) is 18.1 Å². The van der Waals surface area contributed by atoms with Crippen molar-refractivity contribution in [2.45, 2.75) is 91.6 Å². The molecule has 0 N–H and O–H groups in total. The first kappa shape index (κ1) is 20.4. The lowest BCUT2D eigenvalue weighted by Gasteiger charge is -2.25. The van der Waals surface area contributed by atoms with Crippen molar-refractivity contribution >= 4 is 5.91 Å². The van der Waals surface area contributed by atoms with E-state index in [0.29, 0.717) is 0 Å². The van der Waals surface area contributed by atoms with Gasteiger partial charge in [0.15, 0.2) is 0 Å². The molecule has 3 nitrogen and oxygen atoms in total. The molecule has 0 aromatic carbocycles. The number of amides is 1. The molecule has 126 valence electrons. The van der Waals surface area contributed by atoms with Crippen LogP contribution in [0.5, 0.6) is 0 Å². The monoisotopic (exact) mass is 299 g/mol. The molecule has 0 aromatic heterocycles. The SMILES string of the molecule is CCCCCCN(CCCCCC)C(=O)COC(C)(C)C. The van der Waals surface area contributed by atoms with Gasteiger partial charge in [0.1, 0.15) is 6.61 Å². The number of rotatable bonds is 12. The molecule has 0 aliphatic heterocycles. The highest BCUT2D eigenvalue weighted by Crippen LogP contribution is 2.09. The summed E-state index contributed by atoms with van der Waals surface area (Å²) in [6, 6.07) is 0. The summed E-state index contributed by atoms with van der Waals surface area (Å²) >= 11 is 0. The van der Waals surface area contributed by atoms with Crippen molar-refractivity contribution < 1.29 is 9.53 Å². The van der Waals surface area contributed by atoms with Crippen molar-refractivity contribution in [2.75, 3.05) is 19.7 Å². The van der Waals surface area contributed by atoms with E-state index in [4.69, 9.17) is 4.74 Å². The van der Waals surface area contributed by atoms with Crippen molar-refractivity contribution in [3.8, 4) is 0 Å². The van der Waals surface area contributed by atoms with Crippen molar-refractivity contribution in [2.24, 2.45) is 0 Å². The minimum absolute atomic E-state index is 0.151. The quantitative estimate of drug-likeness (QED) is 0.485. The van der Waals surface area contributed by atoms with E-state index < -0.39 is 0 Å². The molecular formula is C18H37NO2. The van der Waals surface area contributed by atoms with E-state index >= 15 is 0 Å². The van der Waals surface area contributed by atoms with Crippen LogP contribution >= 0.6 is 0 Å². The Bertz CT molecular complexity index is 246. The van der Waals surface area contributed by atoms with Gasteiger partial charge >= 0.3 is 0 Å². The summed E-state index contributed by atoms with van der Waals surface area (Å²) in [7, 11) is 0. The predicted octanol–water partition coefficient (Wildman–Crippen LogP) is 4.79. The van der Waals surface area contributed by atoms with Crippen LogP contribution < -0.4 is 0 Å². The first-order chi connectivity index (χ1) is 9.90. The molecule has 0 bridgehead atoms. The summed E-state index contributed by atoms with van der Waals surface area (Å²) in [6.07, 6.45) is 9.65. The smallest absolute Gasteiger partial charge is 0.248 e. The highest BCUT2D eigenvalue weighted by atomic mass is 16.5. The molecule has 1 amide bonds. The fourth-order valence-electron chi connectivity index (χ4n) is 2.19. The molecule has 0 aliphatic carbocycles. The highest BCUT2D eigenvalue weighted by Gasteiger charge is 2.17. The van der Waals surface area contributed by atoms with Crippen LogP contribution in [0.2, 0.25) is 0 Å². The van der Waals surface area contributed by atoms with E-state index in [2.05, 4.69) is 13.8 Å². The van der Waals surface area contributed by atoms with Crippen molar-refractivity contribution in [3.05, 3.63) is 0 Å². The van der Waals surface area contributed by atoms with Gasteiger partial charge in [-0.2, -0.15) is 0 Å². The normalized spacial score (nSPS) is 11.7. The van der Waals surface area contributed by atoms with Crippen LogP contribution in [0.3, 0.4) is 0 Å². The molecule has 0 aliphatic rings. The maximum Gasteiger partial charge on any atom is 0.248 e. The van der Waals surface area contributed by atoms with Gasteiger partial charge in [-0.15, -0.1) is 0 Å². The number of nitrogens with zero attached hydrogens (tertiary/aromatic N) is 1. The average Bonchev–Trinajstić information content (AvgIpc) is 2.42. The van der Waals surface area contributed by atoms with Gasteiger partial charge in [0, 0.05) is 13.1 Å². The molecule has 0 atom stereocenters. The van der Waals surface area contributed by atoms with Gasteiger partial charge < -0.3 is 9.64 Å². The Morgan fingerprint density at radius 3 is 1.71 bits per heavy atom. The number of hydrogen-bond acceptors (Lipinski definition) is 2. The van der Waals surface area contributed by atoms with Gasteiger partial charge in [0.05, 0.1) is 5.60 Å². The number of unbranched alkanes of at least 4 members (excludes halogenated alkanes) is 6. The standard InChI is InChI=1S/C18H37NO2/c1-6-8-10-12-14-19(15-13-11-9-7-2)17(20)16-21-18(3,4)5/h6-16H2,1-5H3. The first-order valence-electron chi connectivity index (χ1n) is 8.82. The van der Waals surface area contributed by atoms with Crippen LogP contribution in [0.4, 0.5) is 0 Å². The van der Waals surface area contributed by atoms with Crippen LogP contribution in [0, 0.1) is 0 Å². The van der Waals surface area contributed by atoms with Gasteiger partial charge in [-0.1, -0.05) is 52.4 Å². The number of hydrogen-bond donors (Lipinski definition) is 0. The topological polar surface area (TPSA) is 29.5 Å². The molecule has 0 saturated heterocycles. The van der Waals surface area contributed by atoms with Crippen molar-refractivity contribution in [3.63, 3.8) is 0 Å². The summed E-state index contributed by atoms with van der Waals surface area (Å²) in [6.45, 7) is 12.4. The van der Waals surface area contributed by atoms with Crippen LogP contribution in [-0.4, -0.2) is 36.1 Å². The van der Waals surface area contributed by atoms with Crippen molar-refractivity contribution in [1.82, 2.24) is 4.90 Å². The number of carbonyl (C=O) groups is 1. The first-order valence-corrected chi connectivity index (χ1v) is 8.82. The largest absolute Gasteiger partial charge is 0.366 e. The van der Waals surface area contributed by atoms with Crippen LogP contribution in [0.25, 0.3) is 0 Å². The number of carbonyl (C=O) groups excluding carboxylic acids is 1. The summed E-state index contributed by atoms with van der Waals surface area (Å²) < 4.78 is 5.64. The van der Waals surface area contributed by atoms with E-state index in [0.717, 1.165) is 25.9 Å². The molecule has 0 radical (unpaired) electrons. The van der Waals surface area contributed by atoms with Gasteiger partial charge in [0.25, 0.3) is 0 Å². The molecule has 0 heterocycles. The Morgan fingerprint density at radius 1 is 0.857 bits per heavy atom. The van der Waals surface area contributed by atoms with E-state index in [9.17, 15) is 4.79 Å². The molecule has 0 aromatic rings. The lowest BCUT2D eigenvalue weighted by molar-refractivity contribution is -0.141. The van der Waals surface area contributed by atoms with Crippen molar-refractivity contribution in [1.29, 1.82) is 0 Å². The Labute approximate surface area is 132 Å². The fourth-order valence-corrected chi connectivity index (χ4v) is 2.19. The molecule has 0 spiro atoms. The van der Waals surface area contributed by atoms with Gasteiger partial charge in [0.2, 0.25) is 5.91 Å². The average molecular weight is 299 g/mol. The lowest BCUT2D eigenvalue weighted by Crippen LogP contribution is -2.37. The minimum Gasteiger partial charge on any atom is -0.366 e. The van der Waals surface area contributed by atoms with E-state index in [1.165, 1.54) is 38.5 Å². The molecular weight excluding hydrogens is 262 g/mol. The summed E-state index contributed by atoms with van der Waals surface area (Å²) in [4.78, 5) is 14.3. The van der Waals surface area contributed by atoms with Gasteiger partial charge in [-0.3, -0.25) is 4.79 Å². The van der Waals surface area contributed by atoms with E-state index in [1.807, 2.05) is 25.7 Å². The fraction of sp³-hybridized carbons (Fsp3) is 0.944. The van der Waals surface area contributed by atoms with Gasteiger partial charge in [-0.25, -0.2) is 0 Å². The molecule has 21 heavy (non-hydrogen) atoms. The summed E-state index contributed by atoms with van der Waals surface area (Å²) in [5, 5.41) is 0. The van der Waals surface area contributed by atoms with Crippen LogP contribution in [-0.2, 0) is 9.53 Å². The van der Waals surface area contributed by atoms with Gasteiger partial charge in [-0.05, 0) is 33.6 Å². The molecule has 0 unspecified atom stereocenters. The second-order valence-corrected chi connectivity index (χ2v) is 6.90. The maximum atomic E-state index is 12.3. The summed E-state index contributed by atoms with van der Waals surface area (Å²) in [5.74, 6) is 0.151. The Morgan fingerprint density at radius 2 is 1.33 bits per heavy atom. The summed E-state index contributed by atoms with van der Waals surface area (Å²) in [5.41, 5.74) is -0.244. The Kier molecular flexibility index (Phi) is 11.7. The highest BCUT2D eigenvalue weighted by molar-refractivity contribution is 5.77. The lowest BCUT2D eigenvalue weighted by atomic mass is 10.1. The van der Waals surface area contributed by atoms with Crippen LogP contribution in [0.1, 0.15) is 86.0 Å². The Hall–Kier alpha value is -0.570. The van der Waals surface area contributed by atoms with Crippen LogP contribution in [0.15, 0.2) is 0 Å². The Balaban J connectivity index is 4.16. The molecule has 3 heteroatoms. The minimum atomic E-state index is -0.244. The zero-order valence-corrected chi connectivity index (χ0v) is 15.0.